The Morgan fingerprint density at radius 1 is 1.37 bits per heavy atom. The molecule has 4 nitrogen and oxygen atoms in total. The molecule has 0 saturated heterocycles. The standard InChI is InChI=1S/C15H19N3O/c1-3-18-10-13(16)9-14(18)15(19)17-11(2)12-7-5-4-6-8-12/h4-11H,3,16H2,1-2H3,(H,17,19)/t11-/m1/s1. The summed E-state index contributed by atoms with van der Waals surface area (Å²) in [6, 6.07) is 11.6. The van der Waals surface area contributed by atoms with E-state index in [4.69, 9.17) is 5.73 Å². The largest absolute Gasteiger partial charge is 0.397 e. The van der Waals surface area contributed by atoms with Gasteiger partial charge in [0.1, 0.15) is 5.69 Å². The fourth-order valence-corrected chi connectivity index (χ4v) is 2.08. The summed E-state index contributed by atoms with van der Waals surface area (Å²) in [4.78, 5) is 12.2. The van der Waals surface area contributed by atoms with Crippen LogP contribution in [0.5, 0.6) is 0 Å². The highest BCUT2D eigenvalue weighted by molar-refractivity contribution is 5.94. The van der Waals surface area contributed by atoms with E-state index in [0.29, 0.717) is 11.4 Å². The molecule has 1 atom stereocenters. The number of nitrogen functional groups attached to an aromatic ring is 1. The van der Waals surface area contributed by atoms with Gasteiger partial charge in [-0.3, -0.25) is 4.79 Å². The first-order chi connectivity index (χ1) is 9.11. The lowest BCUT2D eigenvalue weighted by Gasteiger charge is -2.15. The second kappa shape index (κ2) is 5.61. The summed E-state index contributed by atoms with van der Waals surface area (Å²) in [5, 5.41) is 2.99. The van der Waals surface area contributed by atoms with Crippen LogP contribution in [0, 0.1) is 0 Å². The zero-order valence-electron chi connectivity index (χ0n) is 11.3. The Bertz CT molecular complexity index is 560. The van der Waals surface area contributed by atoms with Crippen molar-refractivity contribution in [2.75, 3.05) is 5.73 Å². The summed E-state index contributed by atoms with van der Waals surface area (Å²) in [5.41, 5.74) is 8.03. The molecule has 0 aliphatic rings. The molecule has 0 bridgehead atoms. The van der Waals surface area contributed by atoms with Crippen molar-refractivity contribution in [1.29, 1.82) is 0 Å². The minimum atomic E-state index is -0.102. The molecule has 2 rings (SSSR count). The number of aryl methyl sites for hydroxylation is 1. The smallest absolute Gasteiger partial charge is 0.268 e. The monoisotopic (exact) mass is 257 g/mol. The number of carbonyl (C=O) groups is 1. The van der Waals surface area contributed by atoms with E-state index in [1.807, 2.05) is 48.7 Å². The number of nitrogens with zero attached hydrogens (tertiary/aromatic N) is 1. The first-order valence-electron chi connectivity index (χ1n) is 6.43. The average molecular weight is 257 g/mol. The quantitative estimate of drug-likeness (QED) is 0.884. The molecule has 0 fully saturated rings. The molecule has 0 aliphatic carbocycles. The van der Waals surface area contributed by atoms with Gasteiger partial charge in [0.2, 0.25) is 0 Å². The van der Waals surface area contributed by atoms with Gasteiger partial charge >= 0.3 is 0 Å². The van der Waals surface area contributed by atoms with E-state index < -0.39 is 0 Å². The normalized spacial score (nSPS) is 12.1. The van der Waals surface area contributed by atoms with Crippen LogP contribution in [0.25, 0.3) is 0 Å². The van der Waals surface area contributed by atoms with Crippen LogP contribution in [-0.2, 0) is 6.54 Å². The first kappa shape index (κ1) is 13.2. The van der Waals surface area contributed by atoms with Gasteiger partial charge in [0, 0.05) is 12.7 Å². The summed E-state index contributed by atoms with van der Waals surface area (Å²) >= 11 is 0. The topological polar surface area (TPSA) is 60.0 Å². The van der Waals surface area contributed by atoms with Gasteiger partial charge in [-0.1, -0.05) is 30.3 Å². The number of nitrogens with two attached hydrogens (primary N) is 1. The molecular formula is C15H19N3O. The maximum atomic E-state index is 12.2. The van der Waals surface area contributed by atoms with E-state index in [1.165, 1.54) is 0 Å². The number of aromatic nitrogens is 1. The molecule has 0 saturated carbocycles. The van der Waals surface area contributed by atoms with Crippen LogP contribution in [0.1, 0.15) is 35.9 Å². The highest BCUT2D eigenvalue weighted by atomic mass is 16.2. The Labute approximate surface area is 113 Å². The summed E-state index contributed by atoms with van der Waals surface area (Å²) in [7, 11) is 0. The fourth-order valence-electron chi connectivity index (χ4n) is 2.08. The maximum Gasteiger partial charge on any atom is 0.268 e. The zero-order valence-corrected chi connectivity index (χ0v) is 11.3. The molecule has 0 radical (unpaired) electrons. The minimum Gasteiger partial charge on any atom is -0.397 e. The Kier molecular flexibility index (Phi) is 3.90. The van der Waals surface area contributed by atoms with Gasteiger partial charge in [0.25, 0.3) is 5.91 Å². The number of rotatable bonds is 4. The predicted molar refractivity (Wildman–Crippen MR) is 76.8 cm³/mol. The molecular weight excluding hydrogens is 238 g/mol. The van der Waals surface area contributed by atoms with Crippen LogP contribution in [0.4, 0.5) is 5.69 Å². The third kappa shape index (κ3) is 2.96. The molecule has 0 aliphatic heterocycles. The molecule has 2 aromatic rings. The second-order valence-corrected chi connectivity index (χ2v) is 4.55. The van der Waals surface area contributed by atoms with Crippen molar-refractivity contribution in [1.82, 2.24) is 9.88 Å². The first-order valence-corrected chi connectivity index (χ1v) is 6.43. The highest BCUT2D eigenvalue weighted by Gasteiger charge is 2.15. The highest BCUT2D eigenvalue weighted by Crippen LogP contribution is 2.15. The third-order valence-electron chi connectivity index (χ3n) is 3.14. The van der Waals surface area contributed by atoms with Gasteiger partial charge in [0.15, 0.2) is 0 Å². The SMILES string of the molecule is CCn1cc(N)cc1C(=O)N[C@H](C)c1ccccc1. The summed E-state index contributed by atoms with van der Waals surface area (Å²) in [6.07, 6.45) is 1.78. The van der Waals surface area contributed by atoms with E-state index in [1.54, 1.807) is 12.3 Å². The van der Waals surface area contributed by atoms with Crippen molar-refractivity contribution < 1.29 is 4.79 Å². The van der Waals surface area contributed by atoms with Crippen molar-refractivity contribution in [2.24, 2.45) is 0 Å². The minimum absolute atomic E-state index is 0.0323. The molecule has 3 N–H and O–H groups in total. The molecule has 19 heavy (non-hydrogen) atoms. The summed E-state index contributed by atoms with van der Waals surface area (Å²) in [5.74, 6) is -0.102. The number of amides is 1. The molecule has 0 spiro atoms. The Hall–Kier alpha value is -2.23. The molecule has 4 heteroatoms. The van der Waals surface area contributed by atoms with Crippen molar-refractivity contribution in [3.63, 3.8) is 0 Å². The van der Waals surface area contributed by atoms with Crippen molar-refractivity contribution in [3.05, 3.63) is 53.9 Å². The summed E-state index contributed by atoms with van der Waals surface area (Å²) in [6.45, 7) is 4.67. The molecule has 1 heterocycles. The van der Waals surface area contributed by atoms with E-state index in [2.05, 4.69) is 5.32 Å². The Morgan fingerprint density at radius 2 is 2.05 bits per heavy atom. The van der Waals surface area contributed by atoms with Crippen LogP contribution >= 0.6 is 0 Å². The van der Waals surface area contributed by atoms with E-state index in [-0.39, 0.29) is 11.9 Å². The predicted octanol–water partition coefficient (Wildman–Crippen LogP) is 2.58. The number of benzene rings is 1. The summed E-state index contributed by atoms with van der Waals surface area (Å²) < 4.78 is 1.85. The van der Waals surface area contributed by atoms with Crippen LogP contribution in [-0.4, -0.2) is 10.5 Å². The van der Waals surface area contributed by atoms with Gasteiger partial charge in [-0.2, -0.15) is 0 Å². The van der Waals surface area contributed by atoms with E-state index >= 15 is 0 Å². The molecule has 0 unspecified atom stereocenters. The van der Waals surface area contributed by atoms with Crippen LogP contribution < -0.4 is 11.1 Å². The van der Waals surface area contributed by atoms with Crippen LogP contribution in [0.2, 0.25) is 0 Å². The van der Waals surface area contributed by atoms with Crippen LogP contribution in [0.3, 0.4) is 0 Å². The van der Waals surface area contributed by atoms with Gasteiger partial charge < -0.3 is 15.6 Å². The van der Waals surface area contributed by atoms with Gasteiger partial charge in [0.05, 0.1) is 11.7 Å². The van der Waals surface area contributed by atoms with Crippen LogP contribution in [0.15, 0.2) is 42.6 Å². The second-order valence-electron chi connectivity index (χ2n) is 4.55. The Balaban J connectivity index is 2.13. The van der Waals surface area contributed by atoms with Gasteiger partial charge in [-0.05, 0) is 25.5 Å². The number of carbonyl (C=O) groups excluding carboxylic acids is 1. The van der Waals surface area contributed by atoms with Crippen molar-refractivity contribution >= 4 is 11.6 Å². The van der Waals surface area contributed by atoms with Crippen molar-refractivity contribution in [3.8, 4) is 0 Å². The Morgan fingerprint density at radius 3 is 2.68 bits per heavy atom. The molecule has 1 aromatic heterocycles. The number of hydrogen-bond acceptors (Lipinski definition) is 2. The molecule has 1 amide bonds. The molecule has 1 aromatic carbocycles. The van der Waals surface area contributed by atoms with Gasteiger partial charge in [-0.25, -0.2) is 0 Å². The zero-order chi connectivity index (χ0) is 13.8. The average Bonchev–Trinajstić information content (AvgIpc) is 2.81. The lowest BCUT2D eigenvalue weighted by Crippen LogP contribution is -2.28. The fraction of sp³-hybridized carbons (Fsp3) is 0.267. The van der Waals surface area contributed by atoms with Gasteiger partial charge in [-0.15, -0.1) is 0 Å². The van der Waals surface area contributed by atoms with Crippen molar-refractivity contribution in [2.45, 2.75) is 26.4 Å². The lowest BCUT2D eigenvalue weighted by molar-refractivity contribution is 0.0930. The molecule has 100 valence electrons. The number of anilines is 1. The third-order valence-corrected chi connectivity index (χ3v) is 3.14. The number of hydrogen-bond donors (Lipinski definition) is 2. The lowest BCUT2D eigenvalue weighted by atomic mass is 10.1. The maximum absolute atomic E-state index is 12.2. The number of nitrogens with one attached hydrogen (secondary N) is 1. The van der Waals surface area contributed by atoms with E-state index in [0.717, 1.165) is 12.1 Å². The van der Waals surface area contributed by atoms with E-state index in [9.17, 15) is 4.79 Å².